The monoisotopic (exact) mass is 376 g/mol. The molecule has 0 atom stereocenters. The predicted octanol–water partition coefficient (Wildman–Crippen LogP) is 3.28. The van der Waals surface area contributed by atoms with Gasteiger partial charge in [0.15, 0.2) is 5.82 Å². The molecule has 4 rings (SSSR count). The van der Waals surface area contributed by atoms with Gasteiger partial charge in [0.25, 0.3) is 11.8 Å². The molecule has 0 unspecified atom stereocenters. The third-order valence-electron chi connectivity index (χ3n) is 3.71. The van der Waals surface area contributed by atoms with E-state index in [0.717, 1.165) is 11.0 Å². The van der Waals surface area contributed by atoms with Gasteiger partial charge in [-0.3, -0.25) is 14.3 Å². The standard InChI is InChI=1S/C16H9BrFN3O2/c1-20-13-7-11(17)12(18)6-10(13)14(19-20)21-15(22)8-4-2-3-5-9(8)16(21)23/h2-7H,1H3/i1D3. The summed E-state index contributed by atoms with van der Waals surface area (Å²) >= 11 is 3.01. The Morgan fingerprint density at radius 1 is 1.17 bits per heavy atom. The lowest BCUT2D eigenvalue weighted by Gasteiger charge is -2.10. The Morgan fingerprint density at radius 3 is 2.43 bits per heavy atom. The molecule has 0 saturated carbocycles. The summed E-state index contributed by atoms with van der Waals surface area (Å²) in [5.41, 5.74) is 0.447. The fourth-order valence-corrected chi connectivity index (χ4v) is 2.97. The highest BCUT2D eigenvalue weighted by atomic mass is 79.9. The number of benzene rings is 2. The molecule has 5 nitrogen and oxygen atoms in total. The quantitative estimate of drug-likeness (QED) is 0.612. The number of anilines is 1. The molecule has 1 aliphatic rings. The second kappa shape index (κ2) is 4.73. The average Bonchev–Trinajstić information content (AvgIpc) is 3.05. The Kier molecular flexibility index (Phi) is 2.27. The summed E-state index contributed by atoms with van der Waals surface area (Å²) in [6.45, 7) is -2.67. The van der Waals surface area contributed by atoms with Crippen molar-refractivity contribution >= 4 is 44.5 Å². The van der Waals surface area contributed by atoms with E-state index in [1.54, 1.807) is 12.1 Å². The van der Waals surface area contributed by atoms with Gasteiger partial charge in [-0.1, -0.05) is 12.1 Å². The number of carbonyl (C=O) groups excluding carboxylic acids is 2. The first-order valence-electron chi connectivity index (χ1n) is 8.06. The molecule has 23 heavy (non-hydrogen) atoms. The second-order valence-electron chi connectivity index (χ2n) is 5.01. The van der Waals surface area contributed by atoms with Crippen LogP contribution in [0.25, 0.3) is 10.9 Å². The third-order valence-corrected chi connectivity index (χ3v) is 4.32. The number of halogens is 2. The predicted molar refractivity (Wildman–Crippen MR) is 86.0 cm³/mol. The van der Waals surface area contributed by atoms with Gasteiger partial charge < -0.3 is 0 Å². The summed E-state index contributed by atoms with van der Waals surface area (Å²) in [4.78, 5) is 26.1. The van der Waals surface area contributed by atoms with Gasteiger partial charge in [-0.15, -0.1) is 0 Å². The number of hydrogen-bond acceptors (Lipinski definition) is 3. The maximum Gasteiger partial charge on any atom is 0.267 e. The molecular formula is C16H9BrFN3O2. The van der Waals surface area contributed by atoms with E-state index >= 15 is 0 Å². The normalized spacial score (nSPS) is 16.4. The van der Waals surface area contributed by atoms with Crippen molar-refractivity contribution in [1.29, 1.82) is 0 Å². The van der Waals surface area contributed by atoms with Gasteiger partial charge >= 0.3 is 0 Å². The molecule has 0 saturated heterocycles. The lowest BCUT2D eigenvalue weighted by atomic mass is 10.1. The number of hydrogen-bond donors (Lipinski definition) is 0. The molecule has 1 aliphatic heterocycles. The Balaban J connectivity index is 2.00. The van der Waals surface area contributed by atoms with E-state index in [2.05, 4.69) is 21.0 Å². The molecule has 0 spiro atoms. The summed E-state index contributed by atoms with van der Waals surface area (Å²) < 4.78 is 37.7. The van der Waals surface area contributed by atoms with Crippen LogP contribution < -0.4 is 4.90 Å². The molecular weight excluding hydrogens is 365 g/mol. The van der Waals surface area contributed by atoms with Crippen LogP contribution in [0.4, 0.5) is 10.2 Å². The lowest BCUT2D eigenvalue weighted by molar-refractivity contribution is 0.0925. The minimum absolute atomic E-state index is 0.0457. The average molecular weight is 377 g/mol. The SMILES string of the molecule is [2H]C([2H])([2H])n1nc(N2C(=O)c3ccccc3C2=O)c2cc(F)c(Br)cc21. The van der Waals surface area contributed by atoms with Crippen LogP contribution in [-0.2, 0) is 6.98 Å². The van der Waals surface area contributed by atoms with Gasteiger partial charge in [-0.25, -0.2) is 9.29 Å². The van der Waals surface area contributed by atoms with Gasteiger partial charge in [-0.05, 0) is 40.2 Å². The van der Waals surface area contributed by atoms with Gasteiger partial charge in [0.1, 0.15) is 5.82 Å². The summed E-state index contributed by atoms with van der Waals surface area (Å²) in [6.07, 6.45) is 0. The minimum atomic E-state index is -2.67. The van der Waals surface area contributed by atoms with Gasteiger partial charge in [0.05, 0.1) is 21.1 Å². The zero-order valence-corrected chi connectivity index (χ0v) is 13.0. The van der Waals surface area contributed by atoms with Crippen molar-refractivity contribution in [3.05, 3.63) is 57.8 Å². The largest absolute Gasteiger partial charge is 0.268 e. The minimum Gasteiger partial charge on any atom is -0.268 e. The molecule has 0 bridgehead atoms. The van der Waals surface area contributed by atoms with E-state index in [-0.39, 0.29) is 32.3 Å². The maximum atomic E-state index is 14.1. The molecule has 7 heteroatoms. The molecule has 3 aromatic rings. The van der Waals surface area contributed by atoms with Crippen LogP contribution in [0, 0.1) is 5.82 Å². The molecule has 2 aromatic carbocycles. The Labute approximate surface area is 142 Å². The van der Waals surface area contributed by atoms with Gasteiger partial charge in [0.2, 0.25) is 0 Å². The topological polar surface area (TPSA) is 55.2 Å². The maximum absolute atomic E-state index is 14.1. The number of nitrogens with zero attached hydrogens (tertiary/aromatic N) is 3. The van der Waals surface area contributed by atoms with E-state index in [9.17, 15) is 14.0 Å². The van der Waals surface area contributed by atoms with Gasteiger partial charge in [-0.2, -0.15) is 5.10 Å². The highest BCUT2D eigenvalue weighted by Gasteiger charge is 2.38. The van der Waals surface area contributed by atoms with Crippen LogP contribution in [0.3, 0.4) is 0 Å². The van der Waals surface area contributed by atoms with Crippen LogP contribution in [-0.4, -0.2) is 21.6 Å². The van der Waals surface area contributed by atoms with Gasteiger partial charge in [0, 0.05) is 16.5 Å². The molecule has 2 amide bonds. The molecule has 0 radical (unpaired) electrons. The van der Waals surface area contributed by atoms with Crippen LogP contribution in [0.5, 0.6) is 0 Å². The molecule has 0 fully saturated rings. The fourth-order valence-electron chi connectivity index (χ4n) is 2.64. The first-order valence-corrected chi connectivity index (χ1v) is 7.35. The number of imide groups is 1. The first-order chi connectivity index (χ1) is 12.2. The van der Waals surface area contributed by atoms with Crippen LogP contribution in [0.2, 0.25) is 0 Å². The van der Waals surface area contributed by atoms with Crippen molar-refractivity contribution in [2.24, 2.45) is 6.98 Å². The Bertz CT molecular complexity index is 1080. The van der Waals surface area contributed by atoms with E-state index in [1.165, 1.54) is 18.2 Å². The van der Waals surface area contributed by atoms with E-state index in [1.807, 2.05) is 0 Å². The number of aromatic nitrogens is 2. The smallest absolute Gasteiger partial charge is 0.267 e. The van der Waals surface area contributed by atoms with E-state index in [4.69, 9.17) is 4.11 Å². The van der Waals surface area contributed by atoms with Crippen molar-refractivity contribution in [3.8, 4) is 0 Å². The Morgan fingerprint density at radius 2 is 1.83 bits per heavy atom. The lowest BCUT2D eigenvalue weighted by Crippen LogP contribution is -2.30. The van der Waals surface area contributed by atoms with Crippen molar-refractivity contribution in [3.63, 3.8) is 0 Å². The summed E-state index contributed by atoms with van der Waals surface area (Å²) in [7, 11) is 0. The number of amides is 2. The number of aryl methyl sites for hydroxylation is 1. The van der Waals surface area contributed by atoms with Crippen molar-refractivity contribution < 1.29 is 18.1 Å². The number of carbonyl (C=O) groups is 2. The van der Waals surface area contributed by atoms with E-state index < -0.39 is 24.6 Å². The highest BCUT2D eigenvalue weighted by molar-refractivity contribution is 9.10. The molecule has 0 aliphatic carbocycles. The Hall–Kier alpha value is -2.54. The number of rotatable bonds is 1. The third kappa shape index (κ3) is 1.86. The van der Waals surface area contributed by atoms with Crippen LogP contribution >= 0.6 is 15.9 Å². The van der Waals surface area contributed by atoms with Crippen LogP contribution in [0.15, 0.2) is 40.9 Å². The summed E-state index contributed by atoms with van der Waals surface area (Å²) in [6, 6.07) is 8.53. The van der Waals surface area contributed by atoms with Crippen molar-refractivity contribution in [2.45, 2.75) is 0 Å². The molecule has 0 N–H and O–H groups in total. The zero-order chi connectivity index (χ0) is 18.8. The van der Waals surface area contributed by atoms with Crippen LogP contribution in [0.1, 0.15) is 24.8 Å². The number of fused-ring (bicyclic) bond motifs is 2. The summed E-state index contributed by atoms with van der Waals surface area (Å²) in [5.74, 6) is -2.15. The van der Waals surface area contributed by atoms with Crippen molar-refractivity contribution in [1.82, 2.24) is 9.78 Å². The molecule has 2 heterocycles. The second-order valence-corrected chi connectivity index (χ2v) is 5.86. The molecule has 114 valence electrons. The summed E-state index contributed by atoms with van der Waals surface area (Å²) in [5, 5.41) is 4.01. The zero-order valence-electron chi connectivity index (χ0n) is 14.4. The van der Waals surface area contributed by atoms with E-state index in [0.29, 0.717) is 4.68 Å². The fraction of sp³-hybridized carbons (Fsp3) is 0.0625. The molecule has 1 aromatic heterocycles. The van der Waals surface area contributed by atoms with Crippen molar-refractivity contribution in [2.75, 3.05) is 4.90 Å². The first kappa shape index (κ1) is 11.1. The highest BCUT2D eigenvalue weighted by Crippen LogP contribution is 2.34.